The van der Waals surface area contributed by atoms with E-state index in [-0.39, 0.29) is 17.7 Å². The monoisotopic (exact) mass is 416 g/mol. The quantitative estimate of drug-likeness (QED) is 0.303. The Morgan fingerprint density at radius 2 is 1.31 bits per heavy atom. The van der Waals surface area contributed by atoms with Crippen LogP contribution in [0.3, 0.4) is 0 Å². The molecule has 0 saturated heterocycles. The van der Waals surface area contributed by atoms with Crippen molar-refractivity contribution in [3.05, 3.63) is 70.2 Å². The highest BCUT2D eigenvalue weighted by molar-refractivity contribution is 6.31. The van der Waals surface area contributed by atoms with Crippen molar-refractivity contribution in [2.75, 3.05) is 13.2 Å². The average Bonchev–Trinajstić information content (AvgIpc) is 2.74. The Morgan fingerprint density at radius 1 is 0.759 bits per heavy atom. The highest BCUT2D eigenvalue weighted by Crippen LogP contribution is 2.17. The van der Waals surface area contributed by atoms with Crippen LogP contribution in [0, 0.1) is 0 Å². The predicted molar refractivity (Wildman–Crippen MR) is 116 cm³/mol. The molecular weight excluding hydrogens is 388 g/mol. The van der Waals surface area contributed by atoms with Crippen LogP contribution in [0.5, 0.6) is 0 Å². The zero-order valence-electron chi connectivity index (χ0n) is 17.0. The van der Waals surface area contributed by atoms with E-state index in [9.17, 15) is 9.59 Å². The molecule has 2 aromatic carbocycles. The number of benzene rings is 2. The first-order valence-corrected chi connectivity index (χ1v) is 10.7. The summed E-state index contributed by atoms with van der Waals surface area (Å²) in [6.45, 7) is 2.73. The lowest BCUT2D eigenvalue weighted by atomic mass is 10.1. The largest absolute Gasteiger partial charge is 0.462 e. The van der Waals surface area contributed by atoms with Gasteiger partial charge in [-0.2, -0.15) is 0 Å². The molecule has 5 heteroatoms. The number of rotatable bonds is 12. The maximum Gasteiger partial charge on any atom is 0.339 e. The molecule has 0 aromatic heterocycles. The summed E-state index contributed by atoms with van der Waals surface area (Å²) >= 11 is 6.12. The van der Waals surface area contributed by atoms with Crippen molar-refractivity contribution in [1.29, 1.82) is 0 Å². The summed E-state index contributed by atoms with van der Waals surface area (Å²) in [7, 11) is 0. The third kappa shape index (κ3) is 7.90. The van der Waals surface area contributed by atoms with Crippen molar-refractivity contribution >= 4 is 23.5 Å². The fourth-order valence-electron chi connectivity index (χ4n) is 3.00. The number of esters is 2. The molecule has 2 aromatic rings. The first-order valence-electron chi connectivity index (χ1n) is 10.3. The third-order valence-electron chi connectivity index (χ3n) is 4.66. The number of ether oxygens (including phenoxy) is 2. The van der Waals surface area contributed by atoms with Gasteiger partial charge < -0.3 is 9.47 Å². The normalized spacial score (nSPS) is 10.6. The van der Waals surface area contributed by atoms with Gasteiger partial charge in [0.1, 0.15) is 0 Å². The van der Waals surface area contributed by atoms with Crippen molar-refractivity contribution < 1.29 is 19.1 Å². The first-order chi connectivity index (χ1) is 14.1. The maximum atomic E-state index is 12.5. The molecule has 4 nitrogen and oxygen atoms in total. The topological polar surface area (TPSA) is 52.6 Å². The Morgan fingerprint density at radius 3 is 1.97 bits per heavy atom. The molecule has 0 spiro atoms. The van der Waals surface area contributed by atoms with Crippen LogP contribution in [-0.4, -0.2) is 25.2 Å². The van der Waals surface area contributed by atoms with E-state index >= 15 is 0 Å². The van der Waals surface area contributed by atoms with E-state index in [1.54, 1.807) is 30.3 Å². The van der Waals surface area contributed by atoms with Crippen molar-refractivity contribution in [3.63, 3.8) is 0 Å². The molecular formula is C24H29ClO4. The van der Waals surface area contributed by atoms with E-state index in [4.69, 9.17) is 21.1 Å². The molecule has 0 bridgehead atoms. The van der Waals surface area contributed by atoms with E-state index in [0.717, 1.165) is 24.8 Å². The Balaban J connectivity index is 1.82. The van der Waals surface area contributed by atoms with Gasteiger partial charge in [0.2, 0.25) is 0 Å². The first kappa shape index (κ1) is 23.0. The zero-order chi connectivity index (χ0) is 20.9. The number of hydrogen-bond donors (Lipinski definition) is 0. The number of carbonyl (C=O) groups excluding carboxylic acids is 2. The summed E-state index contributed by atoms with van der Waals surface area (Å²) in [5.41, 5.74) is 1.37. The molecule has 0 aliphatic carbocycles. The molecule has 0 amide bonds. The van der Waals surface area contributed by atoms with Gasteiger partial charge in [-0.25, -0.2) is 9.59 Å². The van der Waals surface area contributed by atoms with Crippen LogP contribution in [0.4, 0.5) is 0 Å². The molecule has 0 N–H and O–H groups in total. The van der Waals surface area contributed by atoms with E-state index in [1.807, 2.05) is 18.2 Å². The van der Waals surface area contributed by atoms with Crippen molar-refractivity contribution in [3.8, 4) is 0 Å². The summed E-state index contributed by atoms with van der Waals surface area (Å²) in [5, 5.41) is 0.641. The fraction of sp³-hybridized carbons (Fsp3) is 0.417. The summed E-state index contributed by atoms with van der Waals surface area (Å²) in [6.07, 6.45) is 7.20. The number of halogens is 1. The Hall–Kier alpha value is -2.33. The highest BCUT2D eigenvalue weighted by atomic mass is 35.5. The fourth-order valence-corrected chi connectivity index (χ4v) is 3.23. The second-order valence-corrected chi connectivity index (χ2v) is 7.33. The van der Waals surface area contributed by atoms with Crippen LogP contribution in [0.1, 0.15) is 71.7 Å². The summed E-state index contributed by atoms with van der Waals surface area (Å²) in [4.78, 5) is 24.9. The molecule has 0 saturated carbocycles. The molecule has 29 heavy (non-hydrogen) atoms. The van der Waals surface area contributed by atoms with Gasteiger partial charge in [0.15, 0.2) is 0 Å². The van der Waals surface area contributed by atoms with Crippen molar-refractivity contribution in [2.45, 2.75) is 51.9 Å². The number of unbranched alkanes of at least 4 members (excludes halogenated alkanes) is 5. The van der Waals surface area contributed by atoms with Gasteiger partial charge in [0, 0.05) is 11.4 Å². The number of carbonyl (C=O) groups is 2. The van der Waals surface area contributed by atoms with E-state index < -0.39 is 11.9 Å². The molecule has 0 radical (unpaired) electrons. The molecule has 0 fully saturated rings. The lowest BCUT2D eigenvalue weighted by Gasteiger charge is -2.10. The lowest BCUT2D eigenvalue weighted by molar-refractivity contribution is 0.0456. The Kier molecular flexibility index (Phi) is 10.3. The predicted octanol–water partition coefficient (Wildman–Crippen LogP) is 6.26. The lowest BCUT2D eigenvalue weighted by Crippen LogP contribution is -2.15. The standard InChI is InChI=1S/C24H29ClO4/c1-2-3-4-5-6-11-17-28-23(26)20-13-8-9-14-21(20)24(27)29-18-16-19-12-7-10-15-22(19)25/h7-10,12-15H,2-6,11,16-18H2,1H3. The summed E-state index contributed by atoms with van der Waals surface area (Å²) < 4.78 is 10.7. The van der Waals surface area contributed by atoms with Crippen LogP contribution in [-0.2, 0) is 15.9 Å². The van der Waals surface area contributed by atoms with Gasteiger partial charge in [-0.1, -0.05) is 81.0 Å². The van der Waals surface area contributed by atoms with Crippen molar-refractivity contribution in [2.24, 2.45) is 0 Å². The minimum Gasteiger partial charge on any atom is -0.462 e. The average molecular weight is 417 g/mol. The zero-order valence-corrected chi connectivity index (χ0v) is 17.7. The van der Waals surface area contributed by atoms with Gasteiger partial charge in [-0.15, -0.1) is 0 Å². The molecule has 0 aliphatic rings. The highest BCUT2D eigenvalue weighted by Gasteiger charge is 2.19. The molecule has 2 rings (SSSR count). The third-order valence-corrected chi connectivity index (χ3v) is 5.03. The van der Waals surface area contributed by atoms with Gasteiger partial charge >= 0.3 is 11.9 Å². The van der Waals surface area contributed by atoms with Crippen LogP contribution in [0.2, 0.25) is 5.02 Å². The SMILES string of the molecule is CCCCCCCCOC(=O)c1ccccc1C(=O)OCCc1ccccc1Cl. The minimum absolute atomic E-state index is 0.184. The van der Waals surface area contributed by atoms with Gasteiger partial charge in [-0.3, -0.25) is 0 Å². The second kappa shape index (κ2) is 13.0. The minimum atomic E-state index is -0.538. The maximum absolute atomic E-state index is 12.5. The molecule has 0 unspecified atom stereocenters. The van der Waals surface area contributed by atoms with E-state index in [2.05, 4.69) is 6.92 Å². The summed E-state index contributed by atoms with van der Waals surface area (Å²) in [6, 6.07) is 14.0. The molecule has 0 aliphatic heterocycles. The molecule has 0 atom stereocenters. The van der Waals surface area contributed by atoms with Gasteiger partial charge in [-0.05, 0) is 30.2 Å². The van der Waals surface area contributed by atoms with Crippen LogP contribution >= 0.6 is 11.6 Å². The second-order valence-electron chi connectivity index (χ2n) is 6.93. The smallest absolute Gasteiger partial charge is 0.339 e. The van der Waals surface area contributed by atoms with Crippen LogP contribution in [0.15, 0.2) is 48.5 Å². The Labute approximate surface area is 178 Å². The summed E-state index contributed by atoms with van der Waals surface area (Å²) in [5.74, 6) is -1.03. The number of hydrogen-bond acceptors (Lipinski definition) is 4. The molecule has 156 valence electrons. The van der Waals surface area contributed by atoms with Crippen LogP contribution < -0.4 is 0 Å². The van der Waals surface area contributed by atoms with E-state index in [0.29, 0.717) is 18.1 Å². The van der Waals surface area contributed by atoms with Gasteiger partial charge in [0.05, 0.1) is 24.3 Å². The van der Waals surface area contributed by atoms with E-state index in [1.165, 1.54) is 19.3 Å². The van der Waals surface area contributed by atoms with Crippen LogP contribution in [0.25, 0.3) is 0 Å². The molecule has 0 heterocycles. The Bertz CT molecular complexity index is 788. The van der Waals surface area contributed by atoms with Gasteiger partial charge in [0.25, 0.3) is 0 Å². The van der Waals surface area contributed by atoms with Crippen molar-refractivity contribution in [1.82, 2.24) is 0 Å².